The van der Waals surface area contributed by atoms with Crippen LogP contribution in [0.15, 0.2) is 12.2 Å². The van der Waals surface area contributed by atoms with Crippen LogP contribution in [0.1, 0.15) is 51.4 Å². The van der Waals surface area contributed by atoms with Gasteiger partial charge in [-0.15, -0.1) is 11.8 Å². The summed E-state index contributed by atoms with van der Waals surface area (Å²) >= 11 is 1.26. The predicted molar refractivity (Wildman–Crippen MR) is 135 cm³/mol. The molecule has 1 unspecified atom stereocenters. The molecule has 1 aliphatic heterocycles. The number of aliphatic hydroxyl groups is 1. The van der Waals surface area contributed by atoms with Crippen LogP contribution in [0, 0.1) is 0 Å². The number of cyclic esters (lactones) is 4. The summed E-state index contributed by atoms with van der Waals surface area (Å²) in [5.41, 5.74) is 0. The molecule has 212 valence electrons. The van der Waals surface area contributed by atoms with Gasteiger partial charge in [0.2, 0.25) is 0 Å². The number of hydrogen-bond donors (Lipinski definition) is 1. The molecule has 0 aromatic rings. The van der Waals surface area contributed by atoms with Crippen molar-refractivity contribution in [3.05, 3.63) is 12.2 Å². The first kappa shape index (κ1) is 32.9. The van der Waals surface area contributed by atoms with Gasteiger partial charge in [0.05, 0.1) is 46.1 Å². The Morgan fingerprint density at radius 2 is 1.19 bits per heavy atom. The molecule has 1 N–H and O–H groups in total. The van der Waals surface area contributed by atoms with Crippen LogP contribution in [0.5, 0.6) is 0 Å². The van der Waals surface area contributed by atoms with E-state index in [1.807, 2.05) is 0 Å². The van der Waals surface area contributed by atoms with E-state index in [9.17, 15) is 19.2 Å². The number of hydrogen-bond acceptors (Lipinski definition) is 12. The highest BCUT2D eigenvalue weighted by molar-refractivity contribution is 8.00. The first-order chi connectivity index (χ1) is 18.0. The van der Waals surface area contributed by atoms with Gasteiger partial charge in [0.1, 0.15) is 18.5 Å². The second kappa shape index (κ2) is 23.0. The Labute approximate surface area is 222 Å². The first-order valence-electron chi connectivity index (χ1n) is 12.7. The number of carbonyl (C=O) groups is 4. The number of ether oxygens (including phenoxy) is 6. The minimum atomic E-state index is -0.708. The zero-order chi connectivity index (χ0) is 27.0. The quantitative estimate of drug-likeness (QED) is 0.312. The van der Waals surface area contributed by atoms with Crippen molar-refractivity contribution in [2.45, 2.75) is 56.6 Å². The van der Waals surface area contributed by atoms with Crippen LogP contribution in [0.3, 0.4) is 0 Å². The maximum atomic E-state index is 12.4. The molecule has 1 atom stereocenters. The molecule has 1 rings (SSSR count). The summed E-state index contributed by atoms with van der Waals surface area (Å²) in [7, 11) is 0. The van der Waals surface area contributed by atoms with Gasteiger partial charge >= 0.3 is 23.9 Å². The van der Waals surface area contributed by atoms with Crippen LogP contribution < -0.4 is 0 Å². The van der Waals surface area contributed by atoms with Crippen molar-refractivity contribution < 1.29 is 52.7 Å². The summed E-state index contributed by atoms with van der Waals surface area (Å²) in [6.45, 7) is 1.41. The highest BCUT2D eigenvalue weighted by atomic mass is 32.2. The van der Waals surface area contributed by atoms with Crippen LogP contribution in [0.4, 0.5) is 0 Å². The largest absolute Gasteiger partial charge is 0.466 e. The van der Waals surface area contributed by atoms with E-state index in [0.29, 0.717) is 18.6 Å². The zero-order valence-corrected chi connectivity index (χ0v) is 22.2. The minimum Gasteiger partial charge on any atom is -0.466 e. The second-order valence-corrected chi connectivity index (χ2v) is 9.35. The Bertz CT molecular complexity index is 684. The Kier molecular flexibility index (Phi) is 20.4. The van der Waals surface area contributed by atoms with E-state index < -0.39 is 29.1 Å². The lowest BCUT2D eigenvalue weighted by Crippen LogP contribution is -2.26. The number of carbonyl (C=O) groups excluding carboxylic acids is 4. The van der Waals surface area contributed by atoms with Crippen molar-refractivity contribution in [1.29, 1.82) is 0 Å². The molecule has 0 radical (unpaired) electrons. The van der Waals surface area contributed by atoms with Gasteiger partial charge in [-0.3, -0.25) is 9.59 Å². The topological polar surface area (TPSA) is 144 Å². The van der Waals surface area contributed by atoms with Crippen LogP contribution >= 0.6 is 11.8 Å². The molecule has 0 spiro atoms. The average Bonchev–Trinajstić information content (AvgIpc) is 2.88. The summed E-state index contributed by atoms with van der Waals surface area (Å²) in [6, 6.07) is 0. The molecule has 0 fully saturated rings. The molecule has 0 aromatic heterocycles. The highest BCUT2D eigenvalue weighted by Gasteiger charge is 2.24. The standard InChI is InChI=1S/C25H40O11S/c26-10-7-19-37-21-20-24(29)34-12-6-4-2-1-3-5-11-33-22(27)8-9-23(28)35-17-15-31-13-14-32-16-18-36-25(21)30/h8-9,21,26H,1-7,10-20H2/b9-8-. The van der Waals surface area contributed by atoms with E-state index in [0.717, 1.165) is 44.3 Å². The minimum absolute atomic E-state index is 0.000244. The summed E-state index contributed by atoms with van der Waals surface area (Å²) in [6.07, 6.45) is 7.58. The maximum absolute atomic E-state index is 12.4. The molecule has 12 heteroatoms. The molecule has 0 aromatic carbocycles. The fourth-order valence-corrected chi connectivity index (χ4v) is 4.07. The van der Waals surface area contributed by atoms with E-state index >= 15 is 0 Å². The summed E-state index contributed by atoms with van der Waals surface area (Å²) in [5.74, 6) is -1.72. The normalized spacial score (nSPS) is 22.9. The monoisotopic (exact) mass is 548 g/mol. The van der Waals surface area contributed by atoms with E-state index in [1.165, 1.54) is 11.8 Å². The second-order valence-electron chi connectivity index (χ2n) is 8.04. The fourth-order valence-electron chi connectivity index (χ4n) is 3.03. The highest BCUT2D eigenvalue weighted by Crippen LogP contribution is 2.18. The molecule has 0 bridgehead atoms. The number of aliphatic hydroxyl groups excluding tert-OH is 1. The predicted octanol–water partition coefficient (Wildman–Crippen LogP) is 1.98. The third-order valence-electron chi connectivity index (χ3n) is 4.95. The number of thioether (sulfide) groups is 1. The van der Waals surface area contributed by atoms with Crippen molar-refractivity contribution >= 4 is 35.6 Å². The third kappa shape index (κ3) is 19.6. The van der Waals surface area contributed by atoms with Crippen molar-refractivity contribution in [2.24, 2.45) is 0 Å². The van der Waals surface area contributed by atoms with Gasteiger partial charge in [-0.05, 0) is 25.0 Å². The Morgan fingerprint density at radius 3 is 1.81 bits per heavy atom. The molecule has 0 aliphatic carbocycles. The molecule has 0 saturated carbocycles. The molecule has 0 saturated heterocycles. The molecule has 37 heavy (non-hydrogen) atoms. The maximum Gasteiger partial charge on any atom is 0.331 e. The van der Waals surface area contributed by atoms with Gasteiger partial charge in [0.15, 0.2) is 0 Å². The lowest BCUT2D eigenvalue weighted by molar-refractivity contribution is -0.150. The molecule has 0 amide bonds. The SMILES string of the molecule is O=C1/C=C\C(=O)OCCOCCOCCOC(=O)C(SCCCO)CC(=O)OCCCCCCCCO1. The molecule has 1 aliphatic rings. The summed E-state index contributed by atoms with van der Waals surface area (Å²) in [5, 5.41) is 8.29. The smallest absolute Gasteiger partial charge is 0.331 e. The van der Waals surface area contributed by atoms with Crippen molar-refractivity contribution in [3.8, 4) is 0 Å². The number of rotatable bonds is 4. The molecule has 11 nitrogen and oxygen atoms in total. The van der Waals surface area contributed by atoms with Crippen LogP contribution in [-0.4, -0.2) is 99.4 Å². The van der Waals surface area contributed by atoms with Gasteiger partial charge in [0.25, 0.3) is 0 Å². The van der Waals surface area contributed by atoms with Gasteiger partial charge in [-0.2, -0.15) is 0 Å². The Balaban J connectivity index is 2.48. The fraction of sp³-hybridized carbons (Fsp3) is 0.760. The first-order valence-corrected chi connectivity index (χ1v) is 13.8. The van der Waals surface area contributed by atoms with Gasteiger partial charge in [-0.1, -0.05) is 25.7 Å². The van der Waals surface area contributed by atoms with Crippen molar-refractivity contribution in [2.75, 3.05) is 65.2 Å². The Morgan fingerprint density at radius 1 is 0.676 bits per heavy atom. The lowest BCUT2D eigenvalue weighted by Gasteiger charge is -2.15. The molecular formula is C25H40O11S. The van der Waals surface area contributed by atoms with Gasteiger partial charge < -0.3 is 33.5 Å². The van der Waals surface area contributed by atoms with Gasteiger partial charge in [-0.25, -0.2) is 9.59 Å². The summed E-state index contributed by atoms with van der Waals surface area (Å²) in [4.78, 5) is 47.9. The molecular weight excluding hydrogens is 508 g/mol. The Hall–Kier alpha value is -2.15. The van der Waals surface area contributed by atoms with Crippen molar-refractivity contribution in [1.82, 2.24) is 0 Å². The van der Waals surface area contributed by atoms with Crippen LogP contribution in [-0.2, 0) is 47.6 Å². The zero-order valence-electron chi connectivity index (χ0n) is 21.4. The van der Waals surface area contributed by atoms with Crippen molar-refractivity contribution in [3.63, 3.8) is 0 Å². The van der Waals surface area contributed by atoms with E-state index in [2.05, 4.69) is 0 Å². The van der Waals surface area contributed by atoms with Gasteiger partial charge in [0, 0.05) is 18.8 Å². The van der Waals surface area contributed by atoms with E-state index in [1.54, 1.807) is 0 Å². The number of esters is 4. The van der Waals surface area contributed by atoms with Crippen LogP contribution in [0.2, 0.25) is 0 Å². The lowest BCUT2D eigenvalue weighted by atomic mass is 10.1. The summed E-state index contributed by atoms with van der Waals surface area (Å²) < 4.78 is 31.1. The van der Waals surface area contributed by atoms with E-state index in [4.69, 9.17) is 33.5 Å². The molecule has 1 heterocycles. The average molecular weight is 549 g/mol. The third-order valence-corrected chi connectivity index (χ3v) is 6.24. The van der Waals surface area contributed by atoms with Crippen LogP contribution in [0.25, 0.3) is 0 Å². The van der Waals surface area contributed by atoms with E-state index in [-0.39, 0.29) is 65.9 Å².